The summed E-state index contributed by atoms with van der Waals surface area (Å²) in [6.45, 7) is 0. The van der Waals surface area contributed by atoms with E-state index in [2.05, 4.69) is 50.2 Å². The zero-order chi connectivity index (χ0) is 15.0. The molecule has 0 fully saturated rings. The lowest BCUT2D eigenvalue weighted by Crippen LogP contribution is -2.38. The molecule has 0 saturated carbocycles. The van der Waals surface area contributed by atoms with Gasteiger partial charge in [0.1, 0.15) is 4.47 Å². The van der Waals surface area contributed by atoms with Gasteiger partial charge in [-0.15, -0.1) is 0 Å². The van der Waals surface area contributed by atoms with Gasteiger partial charge in [-0.25, -0.2) is 4.68 Å². The summed E-state index contributed by atoms with van der Waals surface area (Å²) < 4.78 is 1.93. The summed E-state index contributed by atoms with van der Waals surface area (Å²) >= 11 is 3.41. The van der Waals surface area contributed by atoms with E-state index in [0.29, 0.717) is 10.5 Å². The normalized spacial score (nSPS) is 17.4. The fourth-order valence-electron chi connectivity index (χ4n) is 2.95. The van der Waals surface area contributed by atoms with Crippen LogP contribution < -0.4 is 10.5 Å². The molecule has 2 aromatic rings. The van der Waals surface area contributed by atoms with Gasteiger partial charge in [0.2, 0.25) is 0 Å². The van der Waals surface area contributed by atoms with E-state index in [1.54, 1.807) is 13.2 Å². The molecule has 0 N–H and O–H groups in total. The van der Waals surface area contributed by atoms with E-state index in [4.69, 9.17) is 0 Å². The van der Waals surface area contributed by atoms with Gasteiger partial charge in [0.25, 0.3) is 5.56 Å². The molecular formula is C16H18BrN3O. The Morgan fingerprint density at radius 3 is 2.81 bits per heavy atom. The first kappa shape index (κ1) is 14.3. The van der Waals surface area contributed by atoms with Crippen LogP contribution in [0, 0.1) is 0 Å². The number of aromatic nitrogens is 2. The average Bonchev–Trinajstić information content (AvgIpc) is 2.52. The van der Waals surface area contributed by atoms with E-state index in [0.717, 1.165) is 24.9 Å². The first-order chi connectivity index (χ1) is 10.1. The van der Waals surface area contributed by atoms with Crippen molar-refractivity contribution in [2.75, 3.05) is 11.9 Å². The van der Waals surface area contributed by atoms with Gasteiger partial charge in [-0.05, 0) is 46.3 Å². The van der Waals surface area contributed by atoms with Crippen LogP contribution in [0.25, 0.3) is 0 Å². The number of rotatable bonds is 2. The maximum Gasteiger partial charge on any atom is 0.282 e. The minimum atomic E-state index is -0.101. The number of nitrogens with zero attached hydrogens (tertiary/aromatic N) is 3. The van der Waals surface area contributed by atoms with Crippen LogP contribution in [0.4, 0.5) is 5.69 Å². The summed E-state index contributed by atoms with van der Waals surface area (Å²) in [7, 11) is 3.70. The van der Waals surface area contributed by atoms with Crippen LogP contribution in [-0.2, 0) is 19.9 Å². The zero-order valence-corrected chi connectivity index (χ0v) is 13.8. The van der Waals surface area contributed by atoms with Crippen LogP contribution in [0.15, 0.2) is 39.7 Å². The second kappa shape index (κ2) is 5.64. The smallest absolute Gasteiger partial charge is 0.282 e. The largest absolute Gasteiger partial charge is 0.369 e. The quantitative estimate of drug-likeness (QED) is 0.837. The molecule has 3 rings (SSSR count). The van der Waals surface area contributed by atoms with E-state index in [1.165, 1.54) is 15.8 Å². The highest BCUT2D eigenvalue weighted by Gasteiger charge is 2.24. The van der Waals surface area contributed by atoms with Gasteiger partial charge in [-0.2, -0.15) is 5.10 Å². The van der Waals surface area contributed by atoms with Crippen LogP contribution >= 0.6 is 15.9 Å². The van der Waals surface area contributed by atoms with Gasteiger partial charge < -0.3 is 4.90 Å². The molecule has 0 radical (unpaired) electrons. The van der Waals surface area contributed by atoms with Crippen LogP contribution in [0.3, 0.4) is 0 Å². The zero-order valence-electron chi connectivity index (χ0n) is 12.2. The summed E-state index contributed by atoms with van der Waals surface area (Å²) in [6, 6.07) is 9.00. The summed E-state index contributed by atoms with van der Waals surface area (Å²) in [4.78, 5) is 14.2. The van der Waals surface area contributed by atoms with Gasteiger partial charge in [0, 0.05) is 20.1 Å². The molecule has 0 saturated heterocycles. The van der Waals surface area contributed by atoms with Gasteiger partial charge in [0.15, 0.2) is 0 Å². The van der Waals surface area contributed by atoms with Crippen LogP contribution in [0.2, 0.25) is 0 Å². The molecular weight excluding hydrogens is 330 g/mol. The second-order valence-electron chi connectivity index (χ2n) is 5.55. The fourth-order valence-corrected chi connectivity index (χ4v) is 3.59. The van der Waals surface area contributed by atoms with E-state index >= 15 is 0 Å². The molecule has 1 atom stereocenters. The summed E-state index contributed by atoms with van der Waals surface area (Å²) in [5, 5.41) is 4.13. The number of fused-ring (bicyclic) bond motifs is 1. The van der Waals surface area contributed by atoms with Crippen molar-refractivity contribution < 1.29 is 0 Å². The molecule has 1 aliphatic rings. The predicted molar refractivity (Wildman–Crippen MR) is 87.8 cm³/mol. The Morgan fingerprint density at radius 2 is 2.05 bits per heavy atom. The Balaban J connectivity index is 1.89. The first-order valence-electron chi connectivity index (χ1n) is 7.09. The summed E-state index contributed by atoms with van der Waals surface area (Å²) in [5.41, 5.74) is 3.62. The number of likely N-dealkylation sites (N-methyl/N-ethyl adjacent to an activating group) is 1. The predicted octanol–water partition coefficient (Wildman–Crippen LogP) is 2.54. The van der Waals surface area contributed by atoms with Crippen molar-refractivity contribution in [3.63, 3.8) is 0 Å². The molecule has 5 heteroatoms. The monoisotopic (exact) mass is 347 g/mol. The van der Waals surface area contributed by atoms with Crippen molar-refractivity contribution >= 4 is 21.6 Å². The van der Waals surface area contributed by atoms with E-state index in [-0.39, 0.29) is 5.56 Å². The highest BCUT2D eigenvalue weighted by Crippen LogP contribution is 2.29. The number of benzene rings is 1. The topological polar surface area (TPSA) is 38.1 Å². The van der Waals surface area contributed by atoms with Crippen molar-refractivity contribution in [2.45, 2.75) is 25.3 Å². The first-order valence-corrected chi connectivity index (χ1v) is 7.88. The Labute approximate surface area is 132 Å². The summed E-state index contributed by atoms with van der Waals surface area (Å²) in [6.07, 6.45) is 4.94. The van der Waals surface area contributed by atoms with Crippen molar-refractivity contribution in [1.82, 2.24) is 9.78 Å². The third-order valence-electron chi connectivity index (χ3n) is 4.31. The van der Waals surface area contributed by atoms with Gasteiger partial charge in [0.05, 0.1) is 11.9 Å². The second-order valence-corrected chi connectivity index (χ2v) is 6.34. The molecule has 110 valence electrons. The van der Waals surface area contributed by atoms with Crippen LogP contribution in [0.5, 0.6) is 0 Å². The van der Waals surface area contributed by atoms with Crippen molar-refractivity contribution in [1.29, 1.82) is 0 Å². The molecule has 1 unspecified atom stereocenters. The highest BCUT2D eigenvalue weighted by atomic mass is 79.9. The molecule has 0 spiro atoms. The maximum atomic E-state index is 12.0. The molecule has 1 aromatic carbocycles. The number of hydrogen-bond donors (Lipinski definition) is 0. The fraction of sp³-hybridized carbons (Fsp3) is 0.375. The van der Waals surface area contributed by atoms with Crippen molar-refractivity contribution in [3.8, 4) is 0 Å². The van der Waals surface area contributed by atoms with E-state index in [9.17, 15) is 4.79 Å². The number of anilines is 1. The molecule has 21 heavy (non-hydrogen) atoms. The standard InChI is InChI=1S/C16H18BrN3O/c1-19(14-10-18-20(2)16(21)15(14)17)13-8-7-11-5-3-4-6-12(11)9-13/h3-6,10,13H,7-9H2,1-2H3. The molecule has 1 heterocycles. The highest BCUT2D eigenvalue weighted by molar-refractivity contribution is 9.10. The average molecular weight is 348 g/mol. The van der Waals surface area contributed by atoms with E-state index < -0.39 is 0 Å². The molecule has 0 amide bonds. The molecule has 1 aromatic heterocycles. The summed E-state index contributed by atoms with van der Waals surface area (Å²) in [5.74, 6) is 0. The Bertz CT molecular complexity index is 726. The van der Waals surface area contributed by atoms with Crippen molar-refractivity contribution in [2.24, 2.45) is 7.05 Å². The number of hydrogen-bond acceptors (Lipinski definition) is 3. The minimum Gasteiger partial charge on any atom is -0.369 e. The minimum absolute atomic E-state index is 0.101. The molecule has 0 bridgehead atoms. The van der Waals surface area contributed by atoms with Gasteiger partial charge in [-0.1, -0.05) is 24.3 Å². The van der Waals surface area contributed by atoms with Gasteiger partial charge >= 0.3 is 0 Å². The Morgan fingerprint density at radius 1 is 1.33 bits per heavy atom. The number of aryl methyl sites for hydroxylation is 2. The Kier molecular flexibility index (Phi) is 3.85. The SMILES string of the molecule is CN(c1cnn(C)c(=O)c1Br)C1CCc2ccccc2C1. The Hall–Kier alpha value is -1.62. The third kappa shape index (κ3) is 2.62. The molecule has 1 aliphatic carbocycles. The molecule has 0 aliphatic heterocycles. The lowest BCUT2D eigenvalue weighted by Gasteiger charge is -2.34. The number of halogens is 1. The van der Waals surface area contributed by atoms with E-state index in [1.807, 2.05) is 7.05 Å². The van der Waals surface area contributed by atoms with Gasteiger partial charge in [-0.3, -0.25) is 4.79 Å². The van der Waals surface area contributed by atoms with Crippen LogP contribution in [-0.4, -0.2) is 22.9 Å². The van der Waals surface area contributed by atoms with Crippen molar-refractivity contribution in [3.05, 3.63) is 56.4 Å². The lowest BCUT2D eigenvalue weighted by molar-refractivity contribution is 0.544. The third-order valence-corrected chi connectivity index (χ3v) is 5.05. The maximum absolute atomic E-state index is 12.0. The van der Waals surface area contributed by atoms with Crippen LogP contribution in [0.1, 0.15) is 17.5 Å². The molecule has 4 nitrogen and oxygen atoms in total. The lowest BCUT2D eigenvalue weighted by atomic mass is 9.87.